The van der Waals surface area contributed by atoms with E-state index in [4.69, 9.17) is 9.72 Å². The van der Waals surface area contributed by atoms with Gasteiger partial charge in [-0.05, 0) is 37.0 Å². The van der Waals surface area contributed by atoms with Crippen LogP contribution in [0.15, 0.2) is 42.9 Å². The van der Waals surface area contributed by atoms with Gasteiger partial charge < -0.3 is 19.5 Å². The largest absolute Gasteiger partial charge is 0.497 e. The highest BCUT2D eigenvalue weighted by molar-refractivity contribution is 5.74. The third-order valence-corrected chi connectivity index (χ3v) is 6.76. The molecule has 2 aliphatic heterocycles. The average Bonchev–Trinajstić information content (AvgIpc) is 3.50. The Morgan fingerprint density at radius 2 is 1.87 bits per heavy atom. The summed E-state index contributed by atoms with van der Waals surface area (Å²) in [4.78, 5) is 19.4. The topological polar surface area (TPSA) is 77.2 Å². The molecule has 162 valence electrons. The van der Waals surface area contributed by atoms with Crippen molar-refractivity contribution < 1.29 is 9.53 Å². The zero-order valence-corrected chi connectivity index (χ0v) is 18.0. The van der Waals surface area contributed by atoms with Gasteiger partial charge in [-0.1, -0.05) is 12.1 Å². The first-order chi connectivity index (χ1) is 15.1. The Bertz CT molecular complexity index is 1080. The van der Waals surface area contributed by atoms with Crippen molar-refractivity contribution in [3.8, 4) is 17.0 Å². The quantitative estimate of drug-likeness (QED) is 0.704. The number of rotatable bonds is 4. The van der Waals surface area contributed by atoms with Gasteiger partial charge in [0.15, 0.2) is 0 Å². The van der Waals surface area contributed by atoms with Crippen LogP contribution in [0, 0.1) is 0 Å². The number of benzene rings is 1. The number of fused-ring (bicyclic) bond motifs is 2. The second kappa shape index (κ2) is 7.76. The molecule has 8 nitrogen and oxygen atoms in total. The summed E-state index contributed by atoms with van der Waals surface area (Å²) in [5, 5.41) is 7.35. The summed E-state index contributed by atoms with van der Waals surface area (Å²) in [5.41, 5.74) is 3.38. The third-order valence-electron chi connectivity index (χ3n) is 6.76. The number of aromatic nitrogens is 4. The molecular weight excluding hydrogens is 392 g/mol. The van der Waals surface area contributed by atoms with Gasteiger partial charge in [0, 0.05) is 50.4 Å². The molecule has 8 heteroatoms. The lowest BCUT2D eigenvalue weighted by molar-refractivity contribution is 0.155. The summed E-state index contributed by atoms with van der Waals surface area (Å²) in [6, 6.07) is 7.77. The van der Waals surface area contributed by atoms with Crippen LogP contribution in [0.5, 0.6) is 5.75 Å². The summed E-state index contributed by atoms with van der Waals surface area (Å²) in [6.07, 6.45) is 8.89. The maximum absolute atomic E-state index is 12.7. The van der Waals surface area contributed by atoms with Crippen molar-refractivity contribution in [2.24, 2.45) is 7.05 Å². The van der Waals surface area contributed by atoms with Gasteiger partial charge in [0.2, 0.25) is 0 Å². The summed E-state index contributed by atoms with van der Waals surface area (Å²) in [5.74, 6) is 1.99. The molecule has 0 unspecified atom stereocenters. The number of imidazole rings is 1. The van der Waals surface area contributed by atoms with Crippen LogP contribution in [-0.2, 0) is 25.6 Å². The number of methoxy groups -OCH3 is 1. The number of carbonyl (C=O) groups excluding carboxylic acids is 1. The highest BCUT2D eigenvalue weighted by Gasteiger charge is 2.44. The van der Waals surface area contributed by atoms with E-state index >= 15 is 0 Å². The van der Waals surface area contributed by atoms with Crippen molar-refractivity contribution in [3.05, 3.63) is 54.2 Å². The van der Waals surface area contributed by atoms with Crippen LogP contribution in [0.2, 0.25) is 0 Å². The van der Waals surface area contributed by atoms with E-state index < -0.39 is 0 Å². The summed E-state index contributed by atoms with van der Waals surface area (Å²) < 4.78 is 9.35. The molecular formula is C23H28N6O2. The number of piperidine rings is 1. The van der Waals surface area contributed by atoms with E-state index in [1.165, 1.54) is 5.82 Å². The fourth-order valence-corrected chi connectivity index (χ4v) is 4.89. The average molecular weight is 421 g/mol. The molecule has 1 saturated heterocycles. The summed E-state index contributed by atoms with van der Waals surface area (Å²) in [6.45, 7) is 3.00. The summed E-state index contributed by atoms with van der Waals surface area (Å²) in [7, 11) is 3.58. The number of urea groups is 1. The number of hydrogen-bond acceptors (Lipinski definition) is 4. The molecule has 0 aliphatic carbocycles. The van der Waals surface area contributed by atoms with Crippen molar-refractivity contribution >= 4 is 6.03 Å². The van der Waals surface area contributed by atoms with Crippen molar-refractivity contribution in [1.29, 1.82) is 0 Å². The van der Waals surface area contributed by atoms with Crippen LogP contribution in [0.4, 0.5) is 4.79 Å². The lowest BCUT2D eigenvalue weighted by atomic mass is 9.77. The third kappa shape index (κ3) is 3.56. The molecule has 1 N–H and O–H groups in total. The predicted molar refractivity (Wildman–Crippen MR) is 117 cm³/mol. The molecule has 1 aromatic carbocycles. The van der Waals surface area contributed by atoms with Crippen LogP contribution in [0.25, 0.3) is 11.3 Å². The fourth-order valence-electron chi connectivity index (χ4n) is 4.89. The Kier molecular flexibility index (Phi) is 4.92. The van der Waals surface area contributed by atoms with Gasteiger partial charge in [-0.3, -0.25) is 4.68 Å². The standard InChI is InChI=1S/C23H28N6O2/c1-27-16-18(14-26-27)20-15-24-21-23(9-12-29(20)21)7-10-28(11-8-23)22(30)25-13-17-3-5-19(31-2)6-4-17/h3-6,14-16H,7-13H2,1-2H3,(H,25,30). The maximum Gasteiger partial charge on any atom is 0.317 e. The molecule has 4 heterocycles. The highest BCUT2D eigenvalue weighted by Crippen LogP contribution is 2.44. The Morgan fingerprint density at radius 3 is 2.55 bits per heavy atom. The molecule has 2 aromatic heterocycles. The molecule has 2 aliphatic rings. The van der Waals surface area contributed by atoms with Gasteiger partial charge in [-0.25, -0.2) is 9.78 Å². The number of ether oxygens (including phenoxy) is 1. The number of hydrogen-bond donors (Lipinski definition) is 1. The van der Waals surface area contributed by atoms with E-state index in [0.717, 1.165) is 61.5 Å². The van der Waals surface area contributed by atoms with Gasteiger partial charge in [0.05, 0.1) is 25.2 Å². The van der Waals surface area contributed by atoms with Gasteiger partial charge in [0.25, 0.3) is 0 Å². The van der Waals surface area contributed by atoms with E-state index in [1.807, 2.05) is 59.5 Å². The van der Waals surface area contributed by atoms with Crippen LogP contribution in [0.1, 0.15) is 30.7 Å². The van der Waals surface area contributed by atoms with E-state index in [-0.39, 0.29) is 11.4 Å². The highest BCUT2D eigenvalue weighted by atomic mass is 16.5. The number of amides is 2. The number of nitrogens with one attached hydrogen (secondary N) is 1. The molecule has 5 rings (SSSR count). The first-order valence-electron chi connectivity index (χ1n) is 10.8. The minimum atomic E-state index is 0.00283. The predicted octanol–water partition coefficient (Wildman–Crippen LogP) is 2.94. The molecule has 0 saturated carbocycles. The minimum absolute atomic E-state index is 0.00283. The number of likely N-dealkylation sites (tertiary alicyclic amines) is 1. The van der Waals surface area contributed by atoms with Crippen LogP contribution in [0.3, 0.4) is 0 Å². The Labute approximate surface area is 181 Å². The van der Waals surface area contributed by atoms with Crippen LogP contribution in [-0.4, -0.2) is 50.5 Å². The Morgan fingerprint density at radius 1 is 1.13 bits per heavy atom. The Balaban J connectivity index is 1.21. The normalized spacial score (nSPS) is 17.0. The first-order valence-corrected chi connectivity index (χ1v) is 10.8. The molecule has 1 fully saturated rings. The zero-order valence-electron chi connectivity index (χ0n) is 18.0. The first kappa shape index (κ1) is 19.7. The molecule has 0 atom stereocenters. The molecule has 2 amide bonds. The van der Waals surface area contributed by atoms with Gasteiger partial charge in [-0.15, -0.1) is 0 Å². The zero-order chi connectivity index (χ0) is 21.4. The van der Waals surface area contributed by atoms with Gasteiger partial charge in [-0.2, -0.15) is 5.10 Å². The monoisotopic (exact) mass is 420 g/mol. The summed E-state index contributed by atoms with van der Waals surface area (Å²) >= 11 is 0. The molecule has 1 spiro atoms. The van der Waals surface area contributed by atoms with E-state index in [1.54, 1.807) is 7.11 Å². The van der Waals surface area contributed by atoms with Crippen molar-refractivity contribution in [2.75, 3.05) is 20.2 Å². The lowest BCUT2D eigenvalue weighted by Gasteiger charge is -2.38. The number of nitrogens with zero attached hydrogens (tertiary/aromatic N) is 5. The molecule has 0 bridgehead atoms. The van der Waals surface area contributed by atoms with E-state index in [0.29, 0.717) is 6.54 Å². The smallest absolute Gasteiger partial charge is 0.317 e. The lowest BCUT2D eigenvalue weighted by Crippen LogP contribution is -2.48. The van der Waals surface area contributed by atoms with Crippen molar-refractivity contribution in [3.63, 3.8) is 0 Å². The Hall–Kier alpha value is -3.29. The van der Waals surface area contributed by atoms with Gasteiger partial charge in [0.1, 0.15) is 11.6 Å². The van der Waals surface area contributed by atoms with Crippen molar-refractivity contribution in [1.82, 2.24) is 29.5 Å². The second-order valence-corrected chi connectivity index (χ2v) is 8.55. The minimum Gasteiger partial charge on any atom is -0.497 e. The fraction of sp³-hybridized carbons (Fsp3) is 0.435. The van der Waals surface area contributed by atoms with E-state index in [2.05, 4.69) is 15.0 Å². The van der Waals surface area contributed by atoms with E-state index in [9.17, 15) is 4.79 Å². The number of aryl methyl sites for hydroxylation is 1. The van der Waals surface area contributed by atoms with Gasteiger partial charge >= 0.3 is 6.03 Å². The van der Waals surface area contributed by atoms with Crippen LogP contribution < -0.4 is 10.1 Å². The van der Waals surface area contributed by atoms with Crippen LogP contribution >= 0.6 is 0 Å². The molecule has 0 radical (unpaired) electrons. The maximum atomic E-state index is 12.7. The SMILES string of the molecule is COc1ccc(CNC(=O)N2CCC3(CC2)CCn2c(-c4cnn(C)c4)cnc23)cc1. The molecule has 3 aromatic rings. The molecule has 31 heavy (non-hydrogen) atoms. The number of carbonyl (C=O) groups is 1. The van der Waals surface area contributed by atoms with Crippen molar-refractivity contribution in [2.45, 2.75) is 37.8 Å². The second-order valence-electron chi connectivity index (χ2n) is 8.55.